The summed E-state index contributed by atoms with van der Waals surface area (Å²) in [7, 11) is 0. The van der Waals surface area contributed by atoms with E-state index in [1.807, 2.05) is 30.3 Å². The fraction of sp³-hybridized carbons (Fsp3) is 0.308. The van der Waals surface area contributed by atoms with E-state index in [-0.39, 0.29) is 23.7 Å². The van der Waals surface area contributed by atoms with Crippen LogP contribution in [0.4, 0.5) is 4.39 Å². The van der Waals surface area contributed by atoms with Crippen LogP contribution in [-0.4, -0.2) is 28.7 Å². The predicted octanol–water partition coefficient (Wildman–Crippen LogP) is 6.71. The molecule has 0 saturated carbocycles. The van der Waals surface area contributed by atoms with Crippen molar-refractivity contribution in [1.29, 1.82) is 0 Å². The number of hydrogen-bond donors (Lipinski definition) is 1. The summed E-state index contributed by atoms with van der Waals surface area (Å²) in [6, 6.07) is 22.5. The first-order chi connectivity index (χ1) is 14.7. The largest absolute Gasteiger partial charge is 0.390 e. The highest BCUT2D eigenvalue weighted by molar-refractivity contribution is 6.30. The van der Waals surface area contributed by atoms with Crippen LogP contribution in [0, 0.1) is 11.7 Å². The Balaban J connectivity index is 1.62. The van der Waals surface area contributed by atoms with E-state index in [9.17, 15) is 9.50 Å². The minimum atomic E-state index is -0.958. The summed E-state index contributed by atoms with van der Waals surface area (Å²) < 4.78 is 13.9. The van der Waals surface area contributed by atoms with Gasteiger partial charge in [0.1, 0.15) is 5.82 Å². The van der Waals surface area contributed by atoms with Crippen LogP contribution in [0.2, 0.25) is 10.0 Å². The van der Waals surface area contributed by atoms with Gasteiger partial charge in [-0.25, -0.2) is 4.39 Å². The number of nitrogens with zero attached hydrogens (tertiary/aromatic N) is 1. The minimum Gasteiger partial charge on any atom is -0.390 e. The molecule has 1 heterocycles. The van der Waals surface area contributed by atoms with Gasteiger partial charge in [-0.05, 0) is 72.9 Å². The molecule has 0 aliphatic carbocycles. The Kier molecular flexibility index (Phi) is 6.41. The first-order valence-corrected chi connectivity index (χ1v) is 11.2. The highest BCUT2D eigenvalue weighted by Crippen LogP contribution is 2.44. The van der Waals surface area contributed by atoms with Crippen molar-refractivity contribution in [3.8, 4) is 0 Å². The Morgan fingerprint density at radius 2 is 1.39 bits per heavy atom. The number of halogens is 3. The molecule has 1 unspecified atom stereocenters. The maximum atomic E-state index is 13.9. The van der Waals surface area contributed by atoms with Crippen LogP contribution in [0.3, 0.4) is 0 Å². The van der Waals surface area contributed by atoms with E-state index in [1.165, 1.54) is 6.07 Å². The summed E-state index contributed by atoms with van der Waals surface area (Å²) >= 11 is 12.2. The molecule has 0 bridgehead atoms. The van der Waals surface area contributed by atoms with Crippen molar-refractivity contribution in [1.82, 2.24) is 4.90 Å². The summed E-state index contributed by atoms with van der Waals surface area (Å²) in [5.41, 5.74) is 2.18. The number of rotatable bonds is 6. The van der Waals surface area contributed by atoms with Crippen molar-refractivity contribution < 1.29 is 9.50 Å². The smallest absolute Gasteiger partial charge is 0.123 e. The van der Waals surface area contributed by atoms with Crippen LogP contribution >= 0.6 is 23.2 Å². The summed E-state index contributed by atoms with van der Waals surface area (Å²) in [5, 5.41) is 12.3. The molecule has 0 amide bonds. The fourth-order valence-corrected chi connectivity index (χ4v) is 5.08. The van der Waals surface area contributed by atoms with Gasteiger partial charge in [0.2, 0.25) is 0 Å². The quantitative estimate of drug-likeness (QED) is 0.444. The maximum Gasteiger partial charge on any atom is 0.123 e. The third kappa shape index (κ3) is 4.96. The molecule has 1 saturated heterocycles. The van der Waals surface area contributed by atoms with Crippen molar-refractivity contribution in [3.63, 3.8) is 0 Å². The van der Waals surface area contributed by atoms with Gasteiger partial charge in [-0.15, -0.1) is 0 Å². The molecular weight excluding hydrogens is 432 g/mol. The molecule has 1 aliphatic rings. The molecule has 2 nitrogen and oxygen atoms in total. The van der Waals surface area contributed by atoms with Crippen molar-refractivity contribution in [2.45, 2.75) is 31.4 Å². The van der Waals surface area contributed by atoms with Gasteiger partial charge in [-0.3, -0.25) is 4.90 Å². The zero-order valence-electron chi connectivity index (χ0n) is 17.6. The number of likely N-dealkylation sites (tertiary alicyclic amines) is 1. The molecule has 1 atom stereocenters. The van der Waals surface area contributed by atoms with Gasteiger partial charge in [-0.2, -0.15) is 0 Å². The molecule has 1 aliphatic heterocycles. The number of hydrogen-bond acceptors (Lipinski definition) is 2. The van der Waals surface area contributed by atoms with Crippen LogP contribution in [0.5, 0.6) is 0 Å². The van der Waals surface area contributed by atoms with Crippen LogP contribution in [0.1, 0.15) is 42.5 Å². The minimum absolute atomic E-state index is 0.0562. The Labute approximate surface area is 193 Å². The van der Waals surface area contributed by atoms with Crippen molar-refractivity contribution >= 4 is 23.2 Å². The molecule has 31 heavy (non-hydrogen) atoms. The second-order valence-corrected chi connectivity index (χ2v) is 9.78. The third-order valence-electron chi connectivity index (χ3n) is 6.11. The molecule has 5 heteroatoms. The molecule has 3 aromatic rings. The Morgan fingerprint density at radius 1 is 0.871 bits per heavy atom. The molecule has 162 valence electrons. The average molecular weight is 458 g/mol. The van der Waals surface area contributed by atoms with E-state index in [0.29, 0.717) is 10.0 Å². The van der Waals surface area contributed by atoms with E-state index < -0.39 is 5.60 Å². The SMILES string of the molecule is CC(C)(O)C(c1cccc(F)c1)C1CN(C(c2ccc(Cl)cc2)c2ccc(Cl)cc2)C1. The van der Waals surface area contributed by atoms with E-state index in [4.69, 9.17) is 23.2 Å². The third-order valence-corrected chi connectivity index (χ3v) is 6.62. The Morgan fingerprint density at radius 3 is 1.84 bits per heavy atom. The molecule has 0 spiro atoms. The molecule has 0 radical (unpaired) electrons. The first-order valence-electron chi connectivity index (χ1n) is 10.4. The Hall–Kier alpha value is -1.91. The van der Waals surface area contributed by atoms with Crippen molar-refractivity contribution in [2.24, 2.45) is 5.92 Å². The zero-order chi connectivity index (χ0) is 22.2. The lowest BCUT2D eigenvalue weighted by Crippen LogP contribution is -2.54. The van der Waals surface area contributed by atoms with E-state index in [1.54, 1.807) is 26.0 Å². The lowest BCUT2D eigenvalue weighted by molar-refractivity contribution is -0.0308. The first kappa shape index (κ1) is 22.3. The van der Waals surface area contributed by atoms with Gasteiger partial charge in [0.05, 0.1) is 11.6 Å². The van der Waals surface area contributed by atoms with Crippen LogP contribution < -0.4 is 0 Å². The molecule has 0 aromatic heterocycles. The summed E-state index contributed by atoms with van der Waals surface area (Å²) in [4.78, 5) is 2.38. The van der Waals surface area contributed by atoms with E-state index in [2.05, 4.69) is 29.2 Å². The monoisotopic (exact) mass is 457 g/mol. The number of aliphatic hydroxyl groups is 1. The highest BCUT2D eigenvalue weighted by atomic mass is 35.5. The van der Waals surface area contributed by atoms with Gasteiger partial charge in [0, 0.05) is 29.1 Å². The summed E-state index contributed by atoms with van der Waals surface area (Å²) in [6.45, 7) is 5.20. The molecule has 1 fully saturated rings. The van der Waals surface area contributed by atoms with Crippen LogP contribution in [0.15, 0.2) is 72.8 Å². The second kappa shape index (κ2) is 8.91. The number of benzene rings is 3. The summed E-state index contributed by atoms with van der Waals surface area (Å²) in [5.74, 6) is -0.220. The molecule has 1 N–H and O–H groups in total. The van der Waals surface area contributed by atoms with Crippen molar-refractivity contribution in [2.75, 3.05) is 13.1 Å². The van der Waals surface area contributed by atoms with Crippen LogP contribution in [0.25, 0.3) is 0 Å². The maximum absolute atomic E-state index is 13.9. The standard InChI is InChI=1S/C26H26Cl2FNO/c1-26(2,31)24(19-4-3-5-23(29)14-19)20-15-30(16-20)25(17-6-10-21(27)11-7-17)18-8-12-22(28)13-9-18/h3-14,20,24-25,31H,15-16H2,1-2H3. The predicted molar refractivity (Wildman–Crippen MR) is 125 cm³/mol. The van der Waals surface area contributed by atoms with Crippen molar-refractivity contribution in [3.05, 3.63) is 105 Å². The second-order valence-electron chi connectivity index (χ2n) is 8.91. The Bertz CT molecular complexity index is 979. The average Bonchev–Trinajstić information content (AvgIpc) is 2.68. The summed E-state index contributed by atoms with van der Waals surface area (Å²) in [6.07, 6.45) is 0. The van der Waals surface area contributed by atoms with E-state index >= 15 is 0 Å². The van der Waals surface area contributed by atoms with Gasteiger partial charge in [-0.1, -0.05) is 59.6 Å². The zero-order valence-corrected chi connectivity index (χ0v) is 19.1. The topological polar surface area (TPSA) is 23.5 Å². The van der Waals surface area contributed by atoms with Gasteiger partial charge in [0.25, 0.3) is 0 Å². The van der Waals surface area contributed by atoms with Crippen LogP contribution in [-0.2, 0) is 0 Å². The normalized spacial score (nSPS) is 16.4. The highest BCUT2D eigenvalue weighted by Gasteiger charge is 2.44. The molecular formula is C26H26Cl2FNO. The molecule has 4 rings (SSSR count). The molecule has 3 aromatic carbocycles. The van der Waals surface area contributed by atoms with Gasteiger partial charge >= 0.3 is 0 Å². The van der Waals surface area contributed by atoms with Gasteiger partial charge in [0.15, 0.2) is 0 Å². The fourth-order valence-electron chi connectivity index (χ4n) is 4.83. The lowest BCUT2D eigenvalue weighted by atomic mass is 9.71. The van der Waals surface area contributed by atoms with E-state index in [0.717, 1.165) is 29.8 Å². The van der Waals surface area contributed by atoms with Gasteiger partial charge < -0.3 is 5.11 Å². The lowest BCUT2D eigenvalue weighted by Gasteiger charge is -2.50.